The van der Waals surface area contributed by atoms with Gasteiger partial charge in [-0.3, -0.25) is 0 Å². The number of hydrogen-bond acceptors (Lipinski definition) is 5. The maximum atomic E-state index is 12.0. The van der Waals surface area contributed by atoms with Crippen molar-refractivity contribution in [3.8, 4) is 0 Å². The fraction of sp³-hybridized carbons (Fsp3) is 0.308. The van der Waals surface area contributed by atoms with Gasteiger partial charge >= 0.3 is 18.4 Å². The standard InChI is InChI=1S/C13H12ClO5/c1-13(2,3)19-12(17)10-6-8(14)4-5-9(10)11(16)18-7-15/h4-6H,1-3H3. The fourth-order valence-electron chi connectivity index (χ4n) is 1.29. The highest BCUT2D eigenvalue weighted by molar-refractivity contribution is 6.31. The normalized spacial score (nSPS) is 10.7. The Hall–Kier alpha value is -1.88. The van der Waals surface area contributed by atoms with Crippen LogP contribution < -0.4 is 0 Å². The summed E-state index contributed by atoms with van der Waals surface area (Å²) in [6.45, 7) is 6.07. The Labute approximate surface area is 115 Å². The molecule has 1 radical (unpaired) electrons. The second-order valence-electron chi connectivity index (χ2n) is 4.66. The highest BCUT2D eigenvalue weighted by Crippen LogP contribution is 2.20. The first-order valence-electron chi connectivity index (χ1n) is 5.36. The van der Waals surface area contributed by atoms with E-state index in [0.717, 1.165) is 6.47 Å². The van der Waals surface area contributed by atoms with Crippen molar-refractivity contribution < 1.29 is 23.9 Å². The van der Waals surface area contributed by atoms with Crippen LogP contribution >= 0.6 is 11.6 Å². The Morgan fingerprint density at radius 2 is 1.79 bits per heavy atom. The molecule has 0 N–H and O–H groups in total. The van der Waals surface area contributed by atoms with E-state index < -0.39 is 17.5 Å². The molecule has 5 nitrogen and oxygen atoms in total. The number of rotatable bonds is 3. The van der Waals surface area contributed by atoms with Crippen molar-refractivity contribution in [1.29, 1.82) is 0 Å². The molecule has 0 aliphatic heterocycles. The second-order valence-corrected chi connectivity index (χ2v) is 5.10. The predicted molar refractivity (Wildman–Crippen MR) is 67.7 cm³/mol. The largest absolute Gasteiger partial charge is 0.456 e. The van der Waals surface area contributed by atoms with E-state index in [9.17, 15) is 14.4 Å². The first kappa shape index (κ1) is 15.2. The van der Waals surface area contributed by atoms with Gasteiger partial charge in [-0.2, -0.15) is 0 Å². The molecule has 0 atom stereocenters. The van der Waals surface area contributed by atoms with E-state index in [1.165, 1.54) is 18.2 Å². The lowest BCUT2D eigenvalue weighted by Gasteiger charge is -2.20. The molecule has 19 heavy (non-hydrogen) atoms. The molecule has 1 aromatic carbocycles. The maximum absolute atomic E-state index is 12.0. The van der Waals surface area contributed by atoms with Gasteiger partial charge in [0.1, 0.15) is 5.60 Å². The minimum absolute atomic E-state index is 0.0670. The first-order valence-corrected chi connectivity index (χ1v) is 5.73. The van der Waals surface area contributed by atoms with E-state index in [1.807, 2.05) is 0 Å². The van der Waals surface area contributed by atoms with Crippen LogP contribution in [0.25, 0.3) is 0 Å². The lowest BCUT2D eigenvalue weighted by atomic mass is 10.1. The van der Waals surface area contributed by atoms with Crippen LogP contribution in [0.1, 0.15) is 41.5 Å². The Balaban J connectivity index is 3.17. The minimum atomic E-state index is -0.993. The molecule has 0 amide bonds. The topological polar surface area (TPSA) is 69.7 Å². The van der Waals surface area contributed by atoms with Gasteiger partial charge < -0.3 is 9.47 Å². The molecule has 1 rings (SSSR count). The molecule has 0 saturated carbocycles. The summed E-state index contributed by atoms with van der Waals surface area (Å²) in [5.74, 6) is -1.72. The lowest BCUT2D eigenvalue weighted by Crippen LogP contribution is -2.25. The first-order chi connectivity index (χ1) is 8.74. The van der Waals surface area contributed by atoms with Crippen LogP contribution in [0.5, 0.6) is 0 Å². The van der Waals surface area contributed by atoms with Gasteiger partial charge in [0.25, 0.3) is 0 Å². The molecule has 0 heterocycles. The van der Waals surface area contributed by atoms with Crippen LogP contribution in [0.15, 0.2) is 18.2 Å². The van der Waals surface area contributed by atoms with Crippen LogP contribution in [0.4, 0.5) is 0 Å². The summed E-state index contributed by atoms with van der Waals surface area (Å²) in [6.07, 6.45) is 0. The Morgan fingerprint density at radius 1 is 1.16 bits per heavy atom. The summed E-state index contributed by atoms with van der Waals surface area (Å²) in [5.41, 5.74) is -0.901. The Bertz CT molecular complexity index is 516. The summed E-state index contributed by atoms with van der Waals surface area (Å²) < 4.78 is 9.24. The van der Waals surface area contributed by atoms with Gasteiger partial charge in [-0.05, 0) is 39.0 Å². The number of benzene rings is 1. The quantitative estimate of drug-likeness (QED) is 0.630. The molecular formula is C13H12ClO5. The molecule has 0 fully saturated rings. The van der Waals surface area contributed by atoms with Crippen molar-refractivity contribution in [2.75, 3.05) is 0 Å². The highest BCUT2D eigenvalue weighted by Gasteiger charge is 2.24. The zero-order valence-electron chi connectivity index (χ0n) is 10.7. The number of hydrogen-bond donors (Lipinski definition) is 0. The predicted octanol–water partition coefficient (Wildman–Crippen LogP) is 2.52. The third-order valence-electron chi connectivity index (χ3n) is 1.95. The monoisotopic (exact) mass is 283 g/mol. The van der Waals surface area contributed by atoms with Gasteiger partial charge in [0, 0.05) is 5.02 Å². The van der Waals surface area contributed by atoms with E-state index in [-0.39, 0.29) is 16.1 Å². The summed E-state index contributed by atoms with van der Waals surface area (Å²) in [4.78, 5) is 33.5. The zero-order chi connectivity index (χ0) is 14.6. The third kappa shape index (κ3) is 4.37. The minimum Gasteiger partial charge on any atom is -0.456 e. The number of halogens is 1. The van der Waals surface area contributed by atoms with Crippen LogP contribution in [-0.2, 0) is 14.3 Å². The average molecular weight is 284 g/mol. The SMILES string of the molecule is CC(C)(C)OC(=O)c1cc(Cl)ccc1C(=O)O[C]=O. The van der Waals surface area contributed by atoms with Crippen LogP contribution in [0.3, 0.4) is 0 Å². The lowest BCUT2D eigenvalue weighted by molar-refractivity contribution is 0.00660. The van der Waals surface area contributed by atoms with Crippen molar-refractivity contribution in [3.05, 3.63) is 34.3 Å². The Kier molecular flexibility index (Phi) is 4.67. The van der Waals surface area contributed by atoms with E-state index >= 15 is 0 Å². The average Bonchev–Trinajstić information content (AvgIpc) is 2.26. The number of carbonyl (C=O) groups is 2. The Morgan fingerprint density at radius 3 is 2.32 bits per heavy atom. The van der Waals surface area contributed by atoms with E-state index in [4.69, 9.17) is 16.3 Å². The molecule has 0 spiro atoms. The second kappa shape index (κ2) is 5.84. The van der Waals surface area contributed by atoms with Crippen molar-refractivity contribution in [1.82, 2.24) is 0 Å². The molecule has 1 aromatic rings. The summed E-state index contributed by atoms with van der Waals surface area (Å²) >= 11 is 5.78. The molecule has 0 bridgehead atoms. The van der Waals surface area contributed by atoms with Gasteiger partial charge in [0.05, 0.1) is 11.1 Å². The molecule has 6 heteroatoms. The van der Waals surface area contributed by atoms with E-state index in [2.05, 4.69) is 4.74 Å². The molecule has 0 aromatic heterocycles. The van der Waals surface area contributed by atoms with Crippen molar-refractivity contribution in [2.24, 2.45) is 0 Å². The van der Waals surface area contributed by atoms with Crippen LogP contribution in [0.2, 0.25) is 5.02 Å². The van der Waals surface area contributed by atoms with Gasteiger partial charge in [-0.15, -0.1) is 0 Å². The molecule has 101 valence electrons. The van der Waals surface area contributed by atoms with E-state index in [1.54, 1.807) is 20.8 Å². The fourth-order valence-corrected chi connectivity index (χ4v) is 1.46. The molecule has 0 saturated heterocycles. The van der Waals surface area contributed by atoms with Crippen LogP contribution in [0, 0.1) is 0 Å². The zero-order valence-corrected chi connectivity index (χ0v) is 11.4. The molecule has 0 aliphatic carbocycles. The van der Waals surface area contributed by atoms with Gasteiger partial charge in [-0.1, -0.05) is 11.6 Å². The number of carbonyl (C=O) groups excluding carboxylic acids is 3. The van der Waals surface area contributed by atoms with E-state index in [0.29, 0.717) is 0 Å². The summed E-state index contributed by atoms with van der Waals surface area (Å²) in [7, 11) is 0. The summed E-state index contributed by atoms with van der Waals surface area (Å²) in [5, 5.41) is 0.257. The van der Waals surface area contributed by atoms with Crippen LogP contribution in [-0.4, -0.2) is 24.0 Å². The van der Waals surface area contributed by atoms with Crippen molar-refractivity contribution in [3.63, 3.8) is 0 Å². The van der Waals surface area contributed by atoms with Gasteiger partial charge in [0.15, 0.2) is 0 Å². The molecule has 0 aliphatic rings. The number of ether oxygens (including phenoxy) is 2. The van der Waals surface area contributed by atoms with Crippen molar-refractivity contribution >= 4 is 30.0 Å². The molecular weight excluding hydrogens is 272 g/mol. The third-order valence-corrected chi connectivity index (χ3v) is 2.19. The highest BCUT2D eigenvalue weighted by atomic mass is 35.5. The summed E-state index contributed by atoms with van der Waals surface area (Å²) in [6, 6.07) is 3.95. The smallest absolute Gasteiger partial charge is 0.425 e. The van der Waals surface area contributed by atoms with Crippen molar-refractivity contribution in [2.45, 2.75) is 26.4 Å². The van der Waals surface area contributed by atoms with Gasteiger partial charge in [0.2, 0.25) is 0 Å². The van der Waals surface area contributed by atoms with Gasteiger partial charge in [-0.25, -0.2) is 14.4 Å². The molecule has 0 unspecified atom stereocenters. The maximum Gasteiger partial charge on any atom is 0.425 e. The number of esters is 2.